The van der Waals surface area contributed by atoms with Gasteiger partial charge in [-0.25, -0.2) is 18.3 Å². The lowest BCUT2D eigenvalue weighted by Gasteiger charge is -2.08. The van der Waals surface area contributed by atoms with E-state index in [1.54, 1.807) is 11.6 Å². The van der Waals surface area contributed by atoms with Crippen LogP contribution in [0.4, 0.5) is 8.78 Å². The number of aromatic carboxylic acids is 1. The standard InChI is InChI=1S/C11H12BrF2N5O2/c1-3-18-6(7(12)5(2)16-18)4-19-9(10(13)14)8(11(20)21)15-17-19/h10H,3-4H2,1-2H3,(H,20,21). The summed E-state index contributed by atoms with van der Waals surface area (Å²) in [5.41, 5.74) is -0.112. The number of alkyl halides is 2. The summed E-state index contributed by atoms with van der Waals surface area (Å²) >= 11 is 3.35. The van der Waals surface area contributed by atoms with Crippen molar-refractivity contribution in [2.24, 2.45) is 0 Å². The second-order valence-electron chi connectivity index (χ2n) is 4.25. The van der Waals surface area contributed by atoms with E-state index in [0.717, 1.165) is 4.68 Å². The van der Waals surface area contributed by atoms with Crippen LogP contribution in [-0.4, -0.2) is 35.9 Å². The second kappa shape index (κ2) is 5.88. The Morgan fingerprint density at radius 1 is 1.43 bits per heavy atom. The normalized spacial score (nSPS) is 11.3. The predicted octanol–water partition coefficient (Wildman–Crippen LogP) is 2.25. The molecular formula is C11H12BrF2N5O2. The van der Waals surface area contributed by atoms with Gasteiger partial charge in [-0.05, 0) is 29.8 Å². The van der Waals surface area contributed by atoms with Gasteiger partial charge in [-0.3, -0.25) is 4.68 Å². The largest absolute Gasteiger partial charge is 0.476 e. The van der Waals surface area contributed by atoms with Crippen molar-refractivity contribution in [3.63, 3.8) is 0 Å². The molecular weight excluding hydrogens is 352 g/mol. The molecule has 0 unspecified atom stereocenters. The molecule has 0 saturated heterocycles. The Balaban J connectivity index is 2.48. The van der Waals surface area contributed by atoms with Crippen LogP contribution in [0, 0.1) is 6.92 Å². The Bertz CT molecular complexity index is 682. The molecule has 7 nitrogen and oxygen atoms in total. The molecule has 0 aliphatic heterocycles. The summed E-state index contributed by atoms with van der Waals surface area (Å²) in [5, 5.41) is 20.0. The van der Waals surface area contributed by atoms with E-state index in [-0.39, 0.29) is 6.54 Å². The number of carboxylic acid groups (broad SMARTS) is 1. The number of aromatic nitrogens is 5. The molecule has 0 aliphatic rings. The molecule has 0 spiro atoms. The third-order valence-electron chi connectivity index (χ3n) is 2.94. The molecule has 0 saturated carbocycles. The smallest absolute Gasteiger partial charge is 0.358 e. The van der Waals surface area contributed by atoms with Crippen LogP contribution in [0.3, 0.4) is 0 Å². The SMILES string of the molecule is CCn1nc(C)c(Br)c1Cn1nnc(C(=O)O)c1C(F)F. The second-order valence-corrected chi connectivity index (χ2v) is 5.04. The molecule has 10 heteroatoms. The summed E-state index contributed by atoms with van der Waals surface area (Å²) in [5.74, 6) is -1.53. The monoisotopic (exact) mass is 363 g/mol. The van der Waals surface area contributed by atoms with Gasteiger partial charge in [0.15, 0.2) is 5.69 Å². The summed E-state index contributed by atoms with van der Waals surface area (Å²) < 4.78 is 29.4. The first-order chi connectivity index (χ1) is 9.86. The summed E-state index contributed by atoms with van der Waals surface area (Å²) in [6, 6.07) is 0. The molecule has 2 aromatic rings. The fraction of sp³-hybridized carbons (Fsp3) is 0.455. The lowest BCUT2D eigenvalue weighted by molar-refractivity contribution is 0.0675. The van der Waals surface area contributed by atoms with Crippen LogP contribution in [-0.2, 0) is 13.1 Å². The van der Waals surface area contributed by atoms with E-state index < -0.39 is 23.8 Å². The van der Waals surface area contributed by atoms with Gasteiger partial charge in [-0.15, -0.1) is 5.10 Å². The van der Waals surface area contributed by atoms with Gasteiger partial charge in [0.25, 0.3) is 6.43 Å². The van der Waals surface area contributed by atoms with E-state index in [9.17, 15) is 13.6 Å². The van der Waals surface area contributed by atoms with Crippen molar-refractivity contribution in [2.45, 2.75) is 33.4 Å². The molecule has 0 atom stereocenters. The Morgan fingerprint density at radius 2 is 2.10 bits per heavy atom. The Morgan fingerprint density at radius 3 is 2.62 bits per heavy atom. The first kappa shape index (κ1) is 15.5. The number of carboxylic acids is 1. The van der Waals surface area contributed by atoms with E-state index >= 15 is 0 Å². The van der Waals surface area contributed by atoms with Gasteiger partial charge >= 0.3 is 5.97 Å². The van der Waals surface area contributed by atoms with Crippen molar-refractivity contribution >= 4 is 21.9 Å². The fourth-order valence-electron chi connectivity index (χ4n) is 1.97. The molecule has 0 bridgehead atoms. The van der Waals surface area contributed by atoms with E-state index in [1.807, 2.05) is 6.92 Å². The molecule has 114 valence electrons. The maximum Gasteiger partial charge on any atom is 0.358 e. The van der Waals surface area contributed by atoms with Crippen molar-refractivity contribution < 1.29 is 18.7 Å². The van der Waals surface area contributed by atoms with Crippen molar-refractivity contribution in [1.29, 1.82) is 0 Å². The van der Waals surface area contributed by atoms with E-state index in [1.165, 1.54) is 0 Å². The number of hydrogen-bond donors (Lipinski definition) is 1. The van der Waals surface area contributed by atoms with Crippen LogP contribution in [0.5, 0.6) is 0 Å². The van der Waals surface area contributed by atoms with Gasteiger partial charge in [0.05, 0.1) is 22.4 Å². The molecule has 0 radical (unpaired) electrons. The van der Waals surface area contributed by atoms with Crippen molar-refractivity contribution in [2.75, 3.05) is 0 Å². The molecule has 0 aromatic carbocycles. The molecule has 21 heavy (non-hydrogen) atoms. The molecule has 1 N–H and O–H groups in total. The highest BCUT2D eigenvalue weighted by Gasteiger charge is 2.27. The topological polar surface area (TPSA) is 85.8 Å². The van der Waals surface area contributed by atoms with Crippen molar-refractivity contribution in [1.82, 2.24) is 24.8 Å². The van der Waals surface area contributed by atoms with Crippen molar-refractivity contribution in [3.8, 4) is 0 Å². The molecule has 2 heterocycles. The number of carbonyl (C=O) groups is 1. The maximum absolute atomic E-state index is 13.1. The van der Waals surface area contributed by atoms with Gasteiger partial charge in [-0.2, -0.15) is 5.10 Å². The number of hydrogen-bond acceptors (Lipinski definition) is 4. The number of aryl methyl sites for hydroxylation is 2. The fourth-order valence-corrected chi connectivity index (χ4v) is 2.38. The van der Waals surface area contributed by atoms with Gasteiger partial charge in [-0.1, -0.05) is 5.21 Å². The third kappa shape index (κ3) is 2.80. The van der Waals surface area contributed by atoms with Crippen LogP contribution in [0.15, 0.2) is 4.47 Å². The molecule has 0 fully saturated rings. The zero-order valence-corrected chi connectivity index (χ0v) is 12.8. The Hall–Kier alpha value is -1.84. The van der Waals surface area contributed by atoms with Gasteiger partial charge in [0.1, 0.15) is 5.69 Å². The van der Waals surface area contributed by atoms with Crippen molar-refractivity contribution in [3.05, 3.63) is 27.2 Å². The number of halogens is 3. The molecule has 2 rings (SSSR count). The highest BCUT2D eigenvalue weighted by atomic mass is 79.9. The average Bonchev–Trinajstić information content (AvgIpc) is 2.95. The van der Waals surface area contributed by atoms with E-state index in [0.29, 0.717) is 22.4 Å². The minimum atomic E-state index is -2.98. The molecule has 0 aliphatic carbocycles. The Labute approximate surface area is 126 Å². The summed E-state index contributed by atoms with van der Waals surface area (Å²) in [7, 11) is 0. The maximum atomic E-state index is 13.1. The molecule has 2 aromatic heterocycles. The summed E-state index contributed by atoms with van der Waals surface area (Å²) in [6.07, 6.45) is -2.98. The third-order valence-corrected chi connectivity index (χ3v) is 3.97. The Kier molecular flexibility index (Phi) is 4.35. The minimum absolute atomic E-state index is 0.0464. The van der Waals surface area contributed by atoms with Gasteiger partial charge in [0.2, 0.25) is 0 Å². The summed E-state index contributed by atoms with van der Waals surface area (Å²) in [4.78, 5) is 10.9. The minimum Gasteiger partial charge on any atom is -0.476 e. The van der Waals surface area contributed by atoms with Crippen LogP contribution >= 0.6 is 15.9 Å². The van der Waals surface area contributed by atoms with Crippen LogP contribution < -0.4 is 0 Å². The highest BCUT2D eigenvalue weighted by Crippen LogP contribution is 2.26. The van der Waals surface area contributed by atoms with E-state index in [2.05, 4.69) is 31.3 Å². The zero-order valence-electron chi connectivity index (χ0n) is 11.2. The first-order valence-corrected chi connectivity index (χ1v) is 6.82. The van der Waals surface area contributed by atoms with Gasteiger partial charge < -0.3 is 5.11 Å². The predicted molar refractivity (Wildman–Crippen MR) is 71.4 cm³/mol. The average molecular weight is 364 g/mol. The van der Waals surface area contributed by atoms with Crippen LogP contribution in [0.25, 0.3) is 0 Å². The lowest BCUT2D eigenvalue weighted by Crippen LogP contribution is -2.13. The quantitative estimate of drug-likeness (QED) is 0.880. The molecule has 0 amide bonds. The van der Waals surface area contributed by atoms with Crippen LogP contribution in [0.2, 0.25) is 0 Å². The first-order valence-electron chi connectivity index (χ1n) is 6.03. The number of nitrogens with zero attached hydrogens (tertiary/aromatic N) is 5. The zero-order chi connectivity index (χ0) is 15.7. The van der Waals surface area contributed by atoms with Crippen LogP contribution in [0.1, 0.15) is 40.9 Å². The van der Waals surface area contributed by atoms with Gasteiger partial charge in [0, 0.05) is 6.54 Å². The summed E-state index contributed by atoms with van der Waals surface area (Å²) in [6.45, 7) is 4.14. The number of rotatable bonds is 5. The highest BCUT2D eigenvalue weighted by molar-refractivity contribution is 9.10. The lowest BCUT2D eigenvalue weighted by atomic mass is 10.3. The van der Waals surface area contributed by atoms with E-state index in [4.69, 9.17) is 5.11 Å².